The number of amides is 1. The molecule has 1 amide bonds. The zero-order chi connectivity index (χ0) is 20.8. The number of aromatic nitrogens is 6. The largest absolute Gasteiger partial charge is 0.300 e. The maximum atomic E-state index is 12.7. The molecule has 154 valence electrons. The smallest absolute Gasteiger partial charge is 0.247 e. The summed E-state index contributed by atoms with van der Waals surface area (Å²) in [5.41, 5.74) is 5.87. The highest BCUT2D eigenvalue weighted by Gasteiger charge is 2.27. The molecule has 1 aliphatic rings. The van der Waals surface area contributed by atoms with E-state index in [2.05, 4.69) is 38.5 Å². The van der Waals surface area contributed by atoms with Gasteiger partial charge < -0.3 is 5.32 Å². The van der Waals surface area contributed by atoms with Crippen LogP contribution in [0.3, 0.4) is 0 Å². The number of aryl methyl sites for hydroxylation is 2. The lowest BCUT2D eigenvalue weighted by atomic mass is 10.1. The third kappa shape index (κ3) is 3.28. The SMILES string of the molecule is CCn1ncc(-c2csc(NC(=O)Cn3nc(C)c4c(C5CC5)ccnc43)n2)c1C. The zero-order valence-electron chi connectivity index (χ0n) is 17.2. The molecule has 4 aromatic heterocycles. The van der Waals surface area contributed by atoms with Crippen LogP contribution >= 0.6 is 11.3 Å². The quantitative estimate of drug-likeness (QED) is 0.510. The summed E-state index contributed by atoms with van der Waals surface area (Å²) in [6.07, 6.45) is 6.07. The molecule has 1 N–H and O–H groups in total. The molecule has 0 atom stereocenters. The standard InChI is InChI=1S/C21H23N7OS/c1-4-27-13(3)16(9-23-27)17-11-30-21(24-17)25-18(29)10-28-20-19(12(2)26-28)15(7-8-22-20)14-5-6-14/h7-9,11,14H,4-6,10H2,1-3H3,(H,24,25,29). The summed E-state index contributed by atoms with van der Waals surface area (Å²) in [5.74, 6) is 0.440. The molecule has 30 heavy (non-hydrogen) atoms. The van der Waals surface area contributed by atoms with Crippen LogP contribution in [-0.2, 0) is 17.9 Å². The van der Waals surface area contributed by atoms with Gasteiger partial charge in [0.15, 0.2) is 10.8 Å². The first-order chi connectivity index (χ1) is 14.5. The Kier molecular flexibility index (Phi) is 4.62. The summed E-state index contributed by atoms with van der Waals surface area (Å²) in [6.45, 7) is 6.98. The van der Waals surface area contributed by atoms with Crippen molar-refractivity contribution in [2.75, 3.05) is 5.32 Å². The summed E-state index contributed by atoms with van der Waals surface area (Å²) < 4.78 is 3.62. The number of fused-ring (bicyclic) bond motifs is 1. The van der Waals surface area contributed by atoms with E-state index in [1.54, 1.807) is 4.68 Å². The highest BCUT2D eigenvalue weighted by Crippen LogP contribution is 2.43. The first kappa shape index (κ1) is 18.9. The van der Waals surface area contributed by atoms with Gasteiger partial charge in [0.25, 0.3) is 0 Å². The third-order valence-corrected chi connectivity index (χ3v) is 6.34. The van der Waals surface area contributed by atoms with Crippen LogP contribution in [0, 0.1) is 13.8 Å². The van der Waals surface area contributed by atoms with Gasteiger partial charge in [-0.1, -0.05) is 0 Å². The molecule has 0 bridgehead atoms. The fraction of sp³-hybridized carbons (Fsp3) is 0.381. The minimum absolute atomic E-state index is 0.104. The van der Waals surface area contributed by atoms with Crippen LogP contribution in [0.25, 0.3) is 22.3 Å². The highest BCUT2D eigenvalue weighted by atomic mass is 32.1. The second-order valence-electron chi connectivity index (χ2n) is 7.66. The topological polar surface area (TPSA) is 90.5 Å². The number of nitrogens with zero attached hydrogens (tertiary/aromatic N) is 6. The van der Waals surface area contributed by atoms with Crippen molar-refractivity contribution < 1.29 is 4.79 Å². The first-order valence-electron chi connectivity index (χ1n) is 10.1. The van der Waals surface area contributed by atoms with Crippen LogP contribution in [0.5, 0.6) is 0 Å². The molecule has 0 saturated heterocycles. The van der Waals surface area contributed by atoms with E-state index in [4.69, 9.17) is 0 Å². The lowest BCUT2D eigenvalue weighted by Crippen LogP contribution is -2.19. The minimum Gasteiger partial charge on any atom is -0.300 e. The molecule has 0 spiro atoms. The molecule has 0 radical (unpaired) electrons. The predicted molar refractivity (Wildman–Crippen MR) is 117 cm³/mol. The highest BCUT2D eigenvalue weighted by molar-refractivity contribution is 7.14. The van der Waals surface area contributed by atoms with Crippen molar-refractivity contribution in [2.45, 2.75) is 52.6 Å². The number of thiazole rings is 1. The Morgan fingerprint density at radius 3 is 2.87 bits per heavy atom. The molecule has 9 heteroatoms. The fourth-order valence-corrected chi connectivity index (χ4v) is 4.65. The normalized spacial score (nSPS) is 13.8. The van der Waals surface area contributed by atoms with E-state index in [1.165, 1.54) is 29.7 Å². The second kappa shape index (κ2) is 7.32. The van der Waals surface area contributed by atoms with Crippen molar-refractivity contribution in [3.05, 3.63) is 40.8 Å². The number of hydrogen-bond acceptors (Lipinski definition) is 6. The molecule has 5 rings (SSSR count). The average molecular weight is 422 g/mol. The van der Waals surface area contributed by atoms with Crippen LogP contribution < -0.4 is 5.32 Å². The minimum atomic E-state index is -0.167. The summed E-state index contributed by atoms with van der Waals surface area (Å²) >= 11 is 1.41. The van der Waals surface area contributed by atoms with E-state index in [0.717, 1.165) is 40.2 Å². The van der Waals surface area contributed by atoms with Crippen molar-refractivity contribution in [1.82, 2.24) is 29.5 Å². The molecular formula is C21H23N7OS. The molecular weight excluding hydrogens is 398 g/mol. The fourth-order valence-electron chi connectivity index (χ4n) is 3.92. The van der Waals surface area contributed by atoms with Crippen molar-refractivity contribution >= 4 is 33.4 Å². The Balaban J connectivity index is 1.34. The van der Waals surface area contributed by atoms with E-state index >= 15 is 0 Å². The zero-order valence-corrected chi connectivity index (χ0v) is 18.0. The van der Waals surface area contributed by atoms with Gasteiger partial charge in [-0.05, 0) is 51.2 Å². The molecule has 0 unspecified atom stereocenters. The summed E-state index contributed by atoms with van der Waals surface area (Å²) in [4.78, 5) is 21.7. The van der Waals surface area contributed by atoms with E-state index in [0.29, 0.717) is 11.0 Å². The van der Waals surface area contributed by atoms with Crippen LogP contribution in [0.2, 0.25) is 0 Å². The van der Waals surface area contributed by atoms with E-state index < -0.39 is 0 Å². The number of carbonyl (C=O) groups is 1. The van der Waals surface area contributed by atoms with E-state index in [1.807, 2.05) is 36.3 Å². The Hall–Kier alpha value is -3.07. The summed E-state index contributed by atoms with van der Waals surface area (Å²) in [5, 5.41) is 15.4. The molecule has 4 aromatic rings. The third-order valence-electron chi connectivity index (χ3n) is 5.58. The average Bonchev–Trinajstić information content (AvgIpc) is 3.26. The van der Waals surface area contributed by atoms with Crippen molar-refractivity contribution in [3.8, 4) is 11.3 Å². The van der Waals surface area contributed by atoms with Gasteiger partial charge in [-0.15, -0.1) is 11.3 Å². The molecule has 8 nitrogen and oxygen atoms in total. The number of anilines is 1. The Morgan fingerprint density at radius 1 is 1.30 bits per heavy atom. The van der Waals surface area contributed by atoms with Crippen molar-refractivity contribution in [2.24, 2.45) is 0 Å². The van der Waals surface area contributed by atoms with Gasteiger partial charge in [0, 0.05) is 34.8 Å². The van der Waals surface area contributed by atoms with Gasteiger partial charge in [0.05, 0.1) is 17.6 Å². The van der Waals surface area contributed by atoms with Gasteiger partial charge in [0.1, 0.15) is 6.54 Å². The maximum Gasteiger partial charge on any atom is 0.247 e. The van der Waals surface area contributed by atoms with Crippen molar-refractivity contribution in [1.29, 1.82) is 0 Å². The number of hydrogen-bond donors (Lipinski definition) is 1. The molecule has 0 aliphatic heterocycles. The van der Waals surface area contributed by atoms with Crippen LogP contribution in [0.4, 0.5) is 5.13 Å². The second-order valence-corrected chi connectivity index (χ2v) is 8.52. The first-order valence-corrected chi connectivity index (χ1v) is 11.0. The van der Waals surface area contributed by atoms with Gasteiger partial charge in [-0.3, -0.25) is 9.48 Å². The summed E-state index contributed by atoms with van der Waals surface area (Å²) in [6, 6.07) is 2.08. The lowest BCUT2D eigenvalue weighted by molar-refractivity contribution is -0.116. The van der Waals surface area contributed by atoms with Crippen LogP contribution in [0.1, 0.15) is 42.6 Å². The van der Waals surface area contributed by atoms with E-state index in [9.17, 15) is 4.79 Å². The Morgan fingerprint density at radius 2 is 2.13 bits per heavy atom. The molecule has 0 aromatic carbocycles. The van der Waals surface area contributed by atoms with Gasteiger partial charge in [0.2, 0.25) is 5.91 Å². The van der Waals surface area contributed by atoms with Gasteiger partial charge in [-0.2, -0.15) is 10.2 Å². The molecule has 1 aliphatic carbocycles. The van der Waals surface area contributed by atoms with Gasteiger partial charge >= 0.3 is 0 Å². The molecule has 1 fully saturated rings. The monoisotopic (exact) mass is 421 g/mol. The Bertz CT molecular complexity index is 1250. The molecule has 1 saturated carbocycles. The van der Waals surface area contributed by atoms with Crippen LogP contribution in [-0.4, -0.2) is 35.4 Å². The van der Waals surface area contributed by atoms with E-state index in [-0.39, 0.29) is 12.5 Å². The van der Waals surface area contributed by atoms with Gasteiger partial charge in [-0.25, -0.2) is 14.6 Å². The number of carbonyl (C=O) groups excluding carboxylic acids is 1. The predicted octanol–water partition coefficient (Wildman–Crippen LogP) is 3.90. The number of pyridine rings is 1. The van der Waals surface area contributed by atoms with Crippen molar-refractivity contribution in [3.63, 3.8) is 0 Å². The van der Waals surface area contributed by atoms with Crippen LogP contribution in [0.15, 0.2) is 23.8 Å². The molecule has 4 heterocycles. The number of nitrogens with one attached hydrogen (secondary N) is 1. The maximum absolute atomic E-state index is 12.7. The lowest BCUT2D eigenvalue weighted by Gasteiger charge is -2.04. The summed E-state index contributed by atoms with van der Waals surface area (Å²) in [7, 11) is 0. The Labute approximate surface area is 178 Å². The number of rotatable bonds is 6.